The van der Waals surface area contributed by atoms with E-state index in [9.17, 15) is 0 Å². The number of nitrogens with zero attached hydrogens (tertiary/aromatic N) is 1. The molecule has 2 unspecified atom stereocenters. The van der Waals surface area contributed by atoms with Gasteiger partial charge in [-0.3, -0.25) is 0 Å². The van der Waals surface area contributed by atoms with Crippen molar-refractivity contribution in [2.45, 2.75) is 31.8 Å². The van der Waals surface area contributed by atoms with Crippen LogP contribution in [0.15, 0.2) is 0 Å². The Morgan fingerprint density at radius 3 is 2.85 bits per heavy atom. The Labute approximate surface area is 81.9 Å². The summed E-state index contributed by atoms with van der Waals surface area (Å²) in [7, 11) is 4.26. The van der Waals surface area contributed by atoms with Crippen molar-refractivity contribution in [3.05, 3.63) is 0 Å². The van der Waals surface area contributed by atoms with Gasteiger partial charge in [0.25, 0.3) is 0 Å². The molecule has 13 heavy (non-hydrogen) atoms. The maximum atomic E-state index is 3.60. The molecule has 3 nitrogen and oxygen atoms in total. The molecule has 0 spiro atoms. The van der Waals surface area contributed by atoms with Gasteiger partial charge in [0.15, 0.2) is 0 Å². The van der Waals surface area contributed by atoms with E-state index in [1.807, 2.05) is 0 Å². The maximum absolute atomic E-state index is 3.60. The van der Waals surface area contributed by atoms with Gasteiger partial charge in [-0.25, -0.2) is 0 Å². The summed E-state index contributed by atoms with van der Waals surface area (Å²) in [4.78, 5) is 2.25. The molecule has 3 heteroatoms. The molecule has 0 amide bonds. The molecule has 1 aliphatic rings. The summed E-state index contributed by atoms with van der Waals surface area (Å²) in [5, 5.41) is 7.01. The second kappa shape index (κ2) is 5.58. The molecule has 0 bridgehead atoms. The molecule has 0 aliphatic carbocycles. The van der Waals surface area contributed by atoms with E-state index in [1.54, 1.807) is 0 Å². The fourth-order valence-corrected chi connectivity index (χ4v) is 1.55. The van der Waals surface area contributed by atoms with E-state index < -0.39 is 0 Å². The van der Waals surface area contributed by atoms with Crippen LogP contribution >= 0.6 is 0 Å². The van der Waals surface area contributed by atoms with Crippen LogP contribution in [-0.2, 0) is 0 Å². The topological polar surface area (TPSA) is 27.3 Å². The Kier molecular flexibility index (Phi) is 4.70. The summed E-state index contributed by atoms with van der Waals surface area (Å²) in [6, 6.07) is 1.32. The minimum Gasteiger partial charge on any atom is -0.315 e. The minimum absolute atomic E-state index is 0.627. The second-order valence-corrected chi connectivity index (χ2v) is 4.26. The van der Waals surface area contributed by atoms with Crippen molar-refractivity contribution in [3.63, 3.8) is 0 Å². The van der Waals surface area contributed by atoms with Gasteiger partial charge < -0.3 is 15.5 Å². The SMILES string of the molecule is CC(CNC1CCCNC1)N(C)C. The van der Waals surface area contributed by atoms with E-state index in [2.05, 4.69) is 36.6 Å². The van der Waals surface area contributed by atoms with E-state index in [1.165, 1.54) is 19.4 Å². The van der Waals surface area contributed by atoms with Gasteiger partial charge in [-0.1, -0.05) is 0 Å². The molecule has 2 atom stereocenters. The average molecular weight is 185 g/mol. The number of hydrogen-bond donors (Lipinski definition) is 2. The first-order valence-corrected chi connectivity index (χ1v) is 5.30. The lowest BCUT2D eigenvalue weighted by molar-refractivity contribution is 0.281. The maximum Gasteiger partial charge on any atom is 0.0193 e. The van der Waals surface area contributed by atoms with Gasteiger partial charge in [-0.15, -0.1) is 0 Å². The largest absolute Gasteiger partial charge is 0.315 e. The first-order chi connectivity index (χ1) is 6.20. The molecule has 0 saturated carbocycles. The summed E-state index contributed by atoms with van der Waals surface area (Å²) in [5.41, 5.74) is 0. The molecule has 1 aliphatic heterocycles. The minimum atomic E-state index is 0.627. The Balaban J connectivity index is 2.10. The van der Waals surface area contributed by atoms with Gasteiger partial charge in [0.2, 0.25) is 0 Å². The normalized spacial score (nSPS) is 26.3. The fraction of sp³-hybridized carbons (Fsp3) is 1.00. The van der Waals surface area contributed by atoms with Crippen LogP contribution in [0.3, 0.4) is 0 Å². The highest BCUT2D eigenvalue weighted by Gasteiger charge is 2.13. The molecule has 0 aromatic rings. The predicted octanol–water partition coefficient (Wildman–Crippen LogP) is 0.278. The van der Waals surface area contributed by atoms with Gasteiger partial charge in [0, 0.05) is 25.2 Å². The Morgan fingerprint density at radius 1 is 1.54 bits per heavy atom. The highest BCUT2D eigenvalue weighted by atomic mass is 15.1. The summed E-state index contributed by atoms with van der Waals surface area (Å²) in [6.07, 6.45) is 2.64. The Hall–Kier alpha value is -0.120. The zero-order valence-electron chi connectivity index (χ0n) is 9.14. The van der Waals surface area contributed by atoms with Crippen molar-refractivity contribution >= 4 is 0 Å². The molecule has 78 valence electrons. The van der Waals surface area contributed by atoms with Gasteiger partial charge in [0.05, 0.1) is 0 Å². The number of piperidine rings is 1. The Morgan fingerprint density at radius 2 is 2.31 bits per heavy atom. The first kappa shape index (κ1) is 11.0. The van der Waals surface area contributed by atoms with E-state index in [-0.39, 0.29) is 0 Å². The highest BCUT2D eigenvalue weighted by Crippen LogP contribution is 2.01. The van der Waals surface area contributed by atoms with E-state index >= 15 is 0 Å². The van der Waals surface area contributed by atoms with Crippen LogP contribution < -0.4 is 10.6 Å². The molecular formula is C10H23N3. The van der Waals surface area contributed by atoms with Crippen LogP contribution in [0.25, 0.3) is 0 Å². The molecule has 2 N–H and O–H groups in total. The third-order valence-corrected chi connectivity index (χ3v) is 2.88. The lowest BCUT2D eigenvalue weighted by atomic mass is 10.1. The molecule has 1 saturated heterocycles. The molecule has 0 radical (unpaired) electrons. The van der Waals surface area contributed by atoms with E-state index in [4.69, 9.17) is 0 Å². The third-order valence-electron chi connectivity index (χ3n) is 2.88. The lowest BCUT2D eigenvalue weighted by Gasteiger charge is -2.27. The standard InChI is InChI=1S/C10H23N3/c1-9(13(2)3)7-12-10-5-4-6-11-8-10/h9-12H,4-8H2,1-3H3. The molecule has 0 aromatic heterocycles. The van der Waals surface area contributed by atoms with Crippen LogP contribution in [0.4, 0.5) is 0 Å². The summed E-state index contributed by atoms with van der Waals surface area (Å²) >= 11 is 0. The summed E-state index contributed by atoms with van der Waals surface area (Å²) in [6.45, 7) is 5.68. The van der Waals surface area contributed by atoms with Crippen molar-refractivity contribution in [2.24, 2.45) is 0 Å². The van der Waals surface area contributed by atoms with Crippen LogP contribution in [-0.4, -0.2) is 50.7 Å². The number of hydrogen-bond acceptors (Lipinski definition) is 3. The van der Waals surface area contributed by atoms with E-state index in [0.717, 1.165) is 13.1 Å². The predicted molar refractivity (Wildman–Crippen MR) is 57.0 cm³/mol. The number of rotatable bonds is 4. The summed E-state index contributed by atoms with van der Waals surface area (Å²) in [5.74, 6) is 0. The zero-order chi connectivity index (χ0) is 9.68. The van der Waals surface area contributed by atoms with E-state index in [0.29, 0.717) is 12.1 Å². The quantitative estimate of drug-likeness (QED) is 0.659. The third kappa shape index (κ3) is 4.07. The van der Waals surface area contributed by atoms with Crippen LogP contribution in [0.2, 0.25) is 0 Å². The number of nitrogens with one attached hydrogen (secondary N) is 2. The molecular weight excluding hydrogens is 162 g/mol. The molecule has 1 rings (SSSR count). The van der Waals surface area contributed by atoms with Crippen molar-refractivity contribution in [3.8, 4) is 0 Å². The first-order valence-electron chi connectivity index (χ1n) is 5.30. The summed E-state index contributed by atoms with van der Waals surface area (Å²) < 4.78 is 0. The van der Waals surface area contributed by atoms with Crippen molar-refractivity contribution in [1.29, 1.82) is 0 Å². The van der Waals surface area contributed by atoms with Gasteiger partial charge in [0.1, 0.15) is 0 Å². The number of likely N-dealkylation sites (N-methyl/N-ethyl adjacent to an activating group) is 1. The zero-order valence-corrected chi connectivity index (χ0v) is 9.14. The van der Waals surface area contributed by atoms with Gasteiger partial charge in [-0.05, 0) is 40.4 Å². The van der Waals surface area contributed by atoms with Gasteiger partial charge in [-0.2, -0.15) is 0 Å². The smallest absolute Gasteiger partial charge is 0.0193 e. The second-order valence-electron chi connectivity index (χ2n) is 4.26. The van der Waals surface area contributed by atoms with Crippen molar-refractivity contribution in [2.75, 3.05) is 33.7 Å². The Bertz CT molecular complexity index is 130. The van der Waals surface area contributed by atoms with Crippen LogP contribution in [0, 0.1) is 0 Å². The molecule has 1 heterocycles. The highest BCUT2D eigenvalue weighted by molar-refractivity contribution is 4.76. The monoisotopic (exact) mass is 185 g/mol. The molecule has 0 aromatic carbocycles. The van der Waals surface area contributed by atoms with Crippen molar-refractivity contribution in [1.82, 2.24) is 15.5 Å². The van der Waals surface area contributed by atoms with Gasteiger partial charge >= 0.3 is 0 Å². The van der Waals surface area contributed by atoms with Crippen LogP contribution in [0.1, 0.15) is 19.8 Å². The van der Waals surface area contributed by atoms with Crippen molar-refractivity contribution < 1.29 is 0 Å². The molecule has 1 fully saturated rings. The lowest BCUT2D eigenvalue weighted by Crippen LogP contribution is -2.47. The van der Waals surface area contributed by atoms with Crippen LogP contribution in [0.5, 0.6) is 0 Å². The average Bonchev–Trinajstić information content (AvgIpc) is 2.15. The fourth-order valence-electron chi connectivity index (χ4n) is 1.55.